The molecule has 0 bridgehead atoms. The Bertz CT molecular complexity index is 247. The molecule has 0 radical (unpaired) electrons. The summed E-state index contributed by atoms with van der Waals surface area (Å²) in [6.45, 7) is 8.69. The number of hydrogen-bond donors (Lipinski definition) is 1. The lowest BCUT2D eigenvalue weighted by atomic mass is 9.91. The predicted octanol–water partition coefficient (Wildman–Crippen LogP) is 2.20. The number of rotatable bonds is 5. The van der Waals surface area contributed by atoms with E-state index in [0.29, 0.717) is 17.9 Å². The maximum absolute atomic E-state index is 12.1. The van der Waals surface area contributed by atoms with Crippen LogP contribution in [0.3, 0.4) is 0 Å². The molecular formula is C12H23NO2S. The van der Waals surface area contributed by atoms with E-state index in [-0.39, 0.29) is 5.97 Å². The molecule has 4 heteroatoms. The first kappa shape index (κ1) is 13.8. The molecule has 0 aromatic rings. The highest BCUT2D eigenvalue weighted by Gasteiger charge is 2.49. The maximum atomic E-state index is 12.1. The van der Waals surface area contributed by atoms with E-state index >= 15 is 0 Å². The summed E-state index contributed by atoms with van der Waals surface area (Å²) in [7, 11) is 0. The number of hydrogen-bond acceptors (Lipinski definition) is 4. The van der Waals surface area contributed by atoms with Crippen LogP contribution < -0.4 is 5.32 Å². The van der Waals surface area contributed by atoms with E-state index in [1.807, 2.05) is 18.7 Å². The van der Waals surface area contributed by atoms with Crippen molar-refractivity contribution in [3.8, 4) is 0 Å². The van der Waals surface area contributed by atoms with Crippen LogP contribution in [-0.4, -0.2) is 35.2 Å². The van der Waals surface area contributed by atoms with Gasteiger partial charge < -0.3 is 4.74 Å². The molecule has 16 heavy (non-hydrogen) atoms. The van der Waals surface area contributed by atoms with Crippen molar-refractivity contribution in [2.45, 2.75) is 57.4 Å². The highest BCUT2D eigenvalue weighted by Crippen LogP contribution is 2.37. The molecule has 1 saturated heterocycles. The van der Waals surface area contributed by atoms with Crippen molar-refractivity contribution in [3.05, 3.63) is 0 Å². The van der Waals surface area contributed by atoms with Crippen molar-refractivity contribution < 1.29 is 9.53 Å². The van der Waals surface area contributed by atoms with Gasteiger partial charge in [0, 0.05) is 11.3 Å². The molecule has 0 aromatic heterocycles. The van der Waals surface area contributed by atoms with E-state index in [0.717, 1.165) is 18.6 Å². The molecule has 0 spiro atoms. The summed E-state index contributed by atoms with van der Waals surface area (Å²) in [6, 6.07) is 0.352. The number of thioether (sulfide) groups is 1. The first-order chi connectivity index (χ1) is 7.56. The van der Waals surface area contributed by atoms with Crippen LogP contribution in [0.25, 0.3) is 0 Å². The van der Waals surface area contributed by atoms with Crippen LogP contribution in [0.5, 0.6) is 0 Å². The van der Waals surface area contributed by atoms with E-state index in [1.165, 1.54) is 0 Å². The van der Waals surface area contributed by atoms with Gasteiger partial charge in [0.1, 0.15) is 5.54 Å². The lowest BCUT2D eigenvalue weighted by Gasteiger charge is -2.34. The van der Waals surface area contributed by atoms with Crippen LogP contribution in [0.15, 0.2) is 0 Å². The first-order valence-electron chi connectivity index (χ1n) is 6.13. The van der Waals surface area contributed by atoms with Gasteiger partial charge >= 0.3 is 5.97 Å². The van der Waals surface area contributed by atoms with Gasteiger partial charge in [-0.25, -0.2) is 0 Å². The topological polar surface area (TPSA) is 38.3 Å². The van der Waals surface area contributed by atoms with Gasteiger partial charge in [0.2, 0.25) is 0 Å². The first-order valence-corrected chi connectivity index (χ1v) is 7.18. The monoisotopic (exact) mass is 245 g/mol. The molecule has 94 valence electrons. The average molecular weight is 245 g/mol. The minimum absolute atomic E-state index is 0.0761. The lowest BCUT2D eigenvalue weighted by Crippen LogP contribution is -2.59. The van der Waals surface area contributed by atoms with Gasteiger partial charge in [-0.3, -0.25) is 10.1 Å². The zero-order chi connectivity index (χ0) is 12.2. The van der Waals surface area contributed by atoms with E-state index in [1.54, 1.807) is 0 Å². The van der Waals surface area contributed by atoms with Gasteiger partial charge in [-0.1, -0.05) is 13.8 Å². The normalized spacial score (nSPS) is 31.4. The van der Waals surface area contributed by atoms with Gasteiger partial charge in [0.25, 0.3) is 0 Å². The third-order valence-corrected chi connectivity index (χ3v) is 4.66. The van der Waals surface area contributed by atoms with Crippen LogP contribution >= 0.6 is 11.8 Å². The highest BCUT2D eigenvalue weighted by molar-refractivity contribution is 8.00. The molecule has 0 saturated carbocycles. The molecule has 0 amide bonds. The van der Waals surface area contributed by atoms with Gasteiger partial charge in [-0.15, -0.1) is 0 Å². The predicted molar refractivity (Wildman–Crippen MR) is 68.8 cm³/mol. The molecule has 0 aliphatic carbocycles. The fourth-order valence-electron chi connectivity index (χ4n) is 2.06. The Balaban J connectivity index is 2.80. The van der Waals surface area contributed by atoms with E-state index in [4.69, 9.17) is 4.74 Å². The summed E-state index contributed by atoms with van der Waals surface area (Å²) in [5.74, 6) is 0.955. The van der Waals surface area contributed by atoms with E-state index in [9.17, 15) is 4.79 Å². The van der Waals surface area contributed by atoms with Crippen LogP contribution in [0.1, 0.15) is 40.5 Å². The van der Waals surface area contributed by atoms with Crippen molar-refractivity contribution in [2.24, 2.45) is 0 Å². The number of esters is 1. The van der Waals surface area contributed by atoms with E-state index in [2.05, 4.69) is 26.1 Å². The molecule has 1 heterocycles. The highest BCUT2D eigenvalue weighted by atomic mass is 32.2. The lowest BCUT2D eigenvalue weighted by molar-refractivity contribution is -0.151. The quantitative estimate of drug-likeness (QED) is 0.754. The largest absolute Gasteiger partial charge is 0.465 e. The van der Waals surface area contributed by atoms with Gasteiger partial charge in [-0.2, -0.15) is 11.8 Å². The van der Waals surface area contributed by atoms with Gasteiger partial charge in [0.15, 0.2) is 0 Å². The molecule has 3 atom stereocenters. The smallest absolute Gasteiger partial charge is 0.327 e. The van der Waals surface area contributed by atoms with Gasteiger partial charge in [0.05, 0.1) is 6.61 Å². The van der Waals surface area contributed by atoms with E-state index < -0.39 is 5.54 Å². The molecular weight excluding hydrogens is 222 g/mol. The fourth-order valence-corrected chi connectivity index (χ4v) is 3.42. The summed E-state index contributed by atoms with van der Waals surface area (Å²) in [5.41, 5.74) is -0.462. The minimum Gasteiger partial charge on any atom is -0.465 e. The zero-order valence-electron chi connectivity index (χ0n) is 10.7. The number of nitrogens with one attached hydrogen (secondary N) is 1. The molecule has 1 rings (SSSR count). The SMILES string of the molecule is CCOC(=O)C1(NC(C)CC)CCSC1C. The molecule has 3 unspecified atom stereocenters. The second kappa shape index (κ2) is 5.92. The van der Waals surface area contributed by atoms with Crippen LogP contribution in [0, 0.1) is 0 Å². The molecule has 1 aliphatic rings. The summed E-state index contributed by atoms with van der Waals surface area (Å²) >= 11 is 1.85. The second-order valence-corrected chi connectivity index (χ2v) is 5.86. The standard InChI is InChI=1S/C12H23NO2S/c1-5-9(3)13-12(11(14)15-6-2)7-8-16-10(12)4/h9-10,13H,5-8H2,1-4H3. The van der Waals surface area contributed by atoms with Crippen molar-refractivity contribution >= 4 is 17.7 Å². The Morgan fingerprint density at radius 3 is 2.75 bits per heavy atom. The fraction of sp³-hybridized carbons (Fsp3) is 0.917. The van der Waals surface area contributed by atoms with Gasteiger partial charge in [-0.05, 0) is 32.4 Å². The molecule has 0 aromatic carbocycles. The van der Waals surface area contributed by atoms with Crippen LogP contribution in [-0.2, 0) is 9.53 Å². The zero-order valence-corrected chi connectivity index (χ0v) is 11.5. The summed E-state index contributed by atoms with van der Waals surface area (Å²) in [5, 5.41) is 3.77. The van der Waals surface area contributed by atoms with Crippen molar-refractivity contribution in [2.75, 3.05) is 12.4 Å². The summed E-state index contributed by atoms with van der Waals surface area (Å²) in [6.07, 6.45) is 1.90. The minimum atomic E-state index is -0.462. The Kier molecular flexibility index (Phi) is 5.12. The maximum Gasteiger partial charge on any atom is 0.327 e. The Morgan fingerprint density at radius 2 is 2.31 bits per heavy atom. The van der Waals surface area contributed by atoms with Crippen molar-refractivity contribution in [1.29, 1.82) is 0 Å². The molecule has 1 aliphatic heterocycles. The average Bonchev–Trinajstić information content (AvgIpc) is 2.61. The summed E-state index contributed by atoms with van der Waals surface area (Å²) < 4.78 is 5.23. The third-order valence-electron chi connectivity index (χ3n) is 3.31. The molecule has 1 fully saturated rings. The number of carbonyl (C=O) groups is 1. The Morgan fingerprint density at radius 1 is 1.62 bits per heavy atom. The Hall–Kier alpha value is -0.220. The number of ether oxygens (including phenoxy) is 1. The Labute approximate surface area is 103 Å². The molecule has 1 N–H and O–H groups in total. The third kappa shape index (κ3) is 2.72. The number of carbonyl (C=O) groups excluding carboxylic acids is 1. The van der Waals surface area contributed by atoms with Crippen molar-refractivity contribution in [3.63, 3.8) is 0 Å². The van der Waals surface area contributed by atoms with Crippen LogP contribution in [0.2, 0.25) is 0 Å². The second-order valence-electron chi connectivity index (χ2n) is 4.41. The van der Waals surface area contributed by atoms with Crippen molar-refractivity contribution in [1.82, 2.24) is 5.32 Å². The summed E-state index contributed by atoms with van der Waals surface area (Å²) in [4.78, 5) is 12.1. The molecule has 3 nitrogen and oxygen atoms in total. The van der Waals surface area contributed by atoms with Crippen LogP contribution in [0.4, 0.5) is 0 Å².